The summed E-state index contributed by atoms with van der Waals surface area (Å²) in [5.74, 6) is 0.835. The molecular formula is C13H23NO2. The van der Waals surface area contributed by atoms with Crippen LogP contribution in [-0.2, 0) is 4.74 Å². The fourth-order valence-corrected chi connectivity index (χ4v) is 2.54. The van der Waals surface area contributed by atoms with Gasteiger partial charge in [-0.25, -0.2) is 0 Å². The molecule has 0 atom stereocenters. The molecule has 0 aliphatic carbocycles. The van der Waals surface area contributed by atoms with Gasteiger partial charge in [-0.15, -0.1) is 0 Å². The Labute approximate surface area is 98.1 Å². The summed E-state index contributed by atoms with van der Waals surface area (Å²) in [7, 11) is 0. The normalized spacial score (nSPS) is 26.4. The van der Waals surface area contributed by atoms with Gasteiger partial charge < -0.3 is 14.7 Å². The number of nitrogens with zero attached hydrogens (tertiary/aromatic N) is 1. The highest BCUT2D eigenvalue weighted by atomic mass is 16.5. The van der Waals surface area contributed by atoms with E-state index < -0.39 is 5.60 Å². The molecule has 1 fully saturated rings. The second-order valence-electron chi connectivity index (χ2n) is 5.22. The lowest BCUT2D eigenvalue weighted by molar-refractivity contribution is -0.0446. The molecule has 0 amide bonds. The Morgan fingerprint density at radius 3 is 2.56 bits per heavy atom. The van der Waals surface area contributed by atoms with Crippen molar-refractivity contribution in [3.8, 4) is 0 Å². The minimum absolute atomic E-state index is 0.575. The van der Waals surface area contributed by atoms with E-state index in [0.717, 1.165) is 51.1 Å². The first kappa shape index (κ1) is 11.9. The summed E-state index contributed by atoms with van der Waals surface area (Å²) in [5, 5.41) is 10.6. The van der Waals surface area contributed by atoms with E-state index in [0.29, 0.717) is 6.04 Å². The van der Waals surface area contributed by atoms with Crippen molar-refractivity contribution in [1.82, 2.24) is 4.90 Å². The van der Waals surface area contributed by atoms with E-state index in [9.17, 15) is 5.11 Å². The van der Waals surface area contributed by atoms with Crippen LogP contribution in [0.1, 0.15) is 39.5 Å². The molecule has 3 nitrogen and oxygen atoms in total. The number of hydrogen-bond donors (Lipinski definition) is 1. The van der Waals surface area contributed by atoms with Crippen molar-refractivity contribution in [3.05, 3.63) is 11.8 Å². The highest BCUT2D eigenvalue weighted by Gasteiger charge is 2.38. The van der Waals surface area contributed by atoms with Crippen molar-refractivity contribution < 1.29 is 9.84 Å². The topological polar surface area (TPSA) is 32.7 Å². The molecule has 0 saturated carbocycles. The molecule has 3 heteroatoms. The maximum Gasteiger partial charge on any atom is 0.124 e. The van der Waals surface area contributed by atoms with Gasteiger partial charge in [0.1, 0.15) is 11.4 Å². The minimum atomic E-state index is -0.689. The number of aliphatic hydroxyl groups is 1. The van der Waals surface area contributed by atoms with Gasteiger partial charge in [0, 0.05) is 19.1 Å². The highest BCUT2D eigenvalue weighted by molar-refractivity contribution is 5.13. The summed E-state index contributed by atoms with van der Waals surface area (Å²) < 4.78 is 5.61. The van der Waals surface area contributed by atoms with Crippen molar-refractivity contribution in [2.24, 2.45) is 0 Å². The number of hydrogen-bond acceptors (Lipinski definition) is 3. The van der Waals surface area contributed by atoms with Gasteiger partial charge in [0.2, 0.25) is 0 Å². The van der Waals surface area contributed by atoms with Crippen molar-refractivity contribution >= 4 is 0 Å². The van der Waals surface area contributed by atoms with Crippen LogP contribution in [0, 0.1) is 0 Å². The summed E-state index contributed by atoms with van der Waals surface area (Å²) in [4.78, 5) is 2.41. The van der Waals surface area contributed by atoms with E-state index in [1.165, 1.54) is 0 Å². The van der Waals surface area contributed by atoms with Gasteiger partial charge in [-0.1, -0.05) is 0 Å². The fourth-order valence-electron chi connectivity index (χ4n) is 2.54. The Kier molecular flexibility index (Phi) is 3.55. The van der Waals surface area contributed by atoms with E-state index in [1.807, 2.05) is 0 Å². The standard InChI is InChI=1S/C13H23NO2/c1-11(2)14-8-6-13(15,7-9-14)12-5-3-4-10-16-12/h5,11,15H,3-4,6-10H2,1-2H3. The first-order valence-electron chi connectivity index (χ1n) is 6.42. The van der Waals surface area contributed by atoms with Gasteiger partial charge in [-0.3, -0.25) is 0 Å². The zero-order valence-corrected chi connectivity index (χ0v) is 10.4. The van der Waals surface area contributed by atoms with Crippen LogP contribution < -0.4 is 0 Å². The lowest BCUT2D eigenvalue weighted by Gasteiger charge is -2.41. The SMILES string of the molecule is CC(C)N1CCC(O)(C2=CCCCO2)CC1. The summed E-state index contributed by atoms with van der Waals surface area (Å²) >= 11 is 0. The molecule has 0 bridgehead atoms. The average molecular weight is 225 g/mol. The Morgan fingerprint density at radius 2 is 2.06 bits per heavy atom. The predicted molar refractivity (Wildman–Crippen MR) is 64.2 cm³/mol. The monoisotopic (exact) mass is 225 g/mol. The third kappa shape index (κ3) is 2.41. The first-order valence-corrected chi connectivity index (χ1v) is 6.42. The molecule has 1 saturated heterocycles. The van der Waals surface area contributed by atoms with E-state index in [1.54, 1.807) is 0 Å². The first-order chi connectivity index (χ1) is 7.62. The smallest absolute Gasteiger partial charge is 0.124 e. The molecule has 0 aromatic carbocycles. The lowest BCUT2D eigenvalue weighted by atomic mass is 9.87. The van der Waals surface area contributed by atoms with Crippen LogP contribution in [0.25, 0.3) is 0 Å². The quantitative estimate of drug-likeness (QED) is 0.779. The van der Waals surface area contributed by atoms with E-state index >= 15 is 0 Å². The lowest BCUT2D eigenvalue weighted by Crippen LogP contribution is -2.48. The number of piperidine rings is 1. The summed E-state index contributed by atoms with van der Waals surface area (Å²) in [6.07, 6.45) is 5.81. The van der Waals surface area contributed by atoms with Crippen molar-refractivity contribution in [3.63, 3.8) is 0 Å². The third-order valence-corrected chi connectivity index (χ3v) is 3.75. The Bertz CT molecular complexity index is 265. The van der Waals surface area contributed by atoms with Gasteiger partial charge in [0.25, 0.3) is 0 Å². The second kappa shape index (κ2) is 4.76. The molecular weight excluding hydrogens is 202 g/mol. The molecule has 0 radical (unpaired) electrons. The molecule has 2 rings (SSSR count). The van der Waals surface area contributed by atoms with Crippen LogP contribution >= 0.6 is 0 Å². The molecule has 16 heavy (non-hydrogen) atoms. The summed E-state index contributed by atoms with van der Waals surface area (Å²) in [5.41, 5.74) is -0.689. The van der Waals surface area contributed by atoms with Crippen LogP contribution in [0.4, 0.5) is 0 Å². The molecule has 92 valence electrons. The van der Waals surface area contributed by atoms with Crippen molar-refractivity contribution in [2.45, 2.75) is 51.2 Å². The molecule has 0 aromatic heterocycles. The largest absolute Gasteiger partial charge is 0.495 e. The zero-order chi connectivity index (χ0) is 11.6. The van der Waals surface area contributed by atoms with Crippen molar-refractivity contribution in [2.75, 3.05) is 19.7 Å². The highest BCUT2D eigenvalue weighted by Crippen LogP contribution is 2.32. The Balaban J connectivity index is 1.97. The summed E-state index contributed by atoms with van der Waals surface area (Å²) in [6.45, 7) is 7.12. The van der Waals surface area contributed by atoms with E-state index in [-0.39, 0.29) is 0 Å². The zero-order valence-electron chi connectivity index (χ0n) is 10.4. The molecule has 0 spiro atoms. The van der Waals surface area contributed by atoms with Gasteiger partial charge in [0.15, 0.2) is 0 Å². The Morgan fingerprint density at radius 1 is 1.38 bits per heavy atom. The summed E-state index contributed by atoms with van der Waals surface area (Å²) in [6, 6.07) is 0.575. The Hall–Kier alpha value is -0.540. The van der Waals surface area contributed by atoms with E-state index in [2.05, 4.69) is 24.8 Å². The molecule has 2 aliphatic rings. The minimum Gasteiger partial charge on any atom is -0.495 e. The third-order valence-electron chi connectivity index (χ3n) is 3.75. The molecule has 2 aliphatic heterocycles. The molecule has 1 N–H and O–H groups in total. The molecule has 0 aromatic rings. The number of ether oxygens (including phenoxy) is 1. The van der Waals surface area contributed by atoms with Crippen LogP contribution in [0.5, 0.6) is 0 Å². The number of likely N-dealkylation sites (tertiary alicyclic amines) is 1. The predicted octanol–water partition coefficient (Wildman–Crippen LogP) is 1.92. The van der Waals surface area contributed by atoms with Crippen LogP contribution in [-0.4, -0.2) is 41.3 Å². The maximum absolute atomic E-state index is 10.6. The average Bonchev–Trinajstić information content (AvgIpc) is 2.31. The van der Waals surface area contributed by atoms with Gasteiger partial charge in [-0.05, 0) is 45.6 Å². The molecule has 0 unspecified atom stereocenters. The van der Waals surface area contributed by atoms with Gasteiger partial charge >= 0.3 is 0 Å². The number of allylic oxidation sites excluding steroid dienone is 1. The second-order valence-corrected chi connectivity index (χ2v) is 5.22. The van der Waals surface area contributed by atoms with Gasteiger partial charge in [0.05, 0.1) is 6.61 Å². The van der Waals surface area contributed by atoms with Crippen LogP contribution in [0.2, 0.25) is 0 Å². The fraction of sp³-hybridized carbons (Fsp3) is 0.846. The molecule has 2 heterocycles. The van der Waals surface area contributed by atoms with Crippen molar-refractivity contribution in [1.29, 1.82) is 0 Å². The van der Waals surface area contributed by atoms with Crippen LogP contribution in [0.15, 0.2) is 11.8 Å². The van der Waals surface area contributed by atoms with Crippen LogP contribution in [0.3, 0.4) is 0 Å². The number of rotatable bonds is 2. The van der Waals surface area contributed by atoms with Gasteiger partial charge in [-0.2, -0.15) is 0 Å². The maximum atomic E-state index is 10.6. The van der Waals surface area contributed by atoms with E-state index in [4.69, 9.17) is 4.74 Å².